The van der Waals surface area contributed by atoms with Gasteiger partial charge in [0.25, 0.3) is 0 Å². The number of piperidine rings is 1. The molecule has 0 N–H and O–H groups in total. The Kier molecular flexibility index (Phi) is 5.46. The molecule has 2 aromatic heterocycles. The van der Waals surface area contributed by atoms with Crippen LogP contribution in [0, 0.1) is 5.41 Å². The molecule has 2 atom stereocenters. The molecule has 0 spiro atoms. The third kappa shape index (κ3) is 4.11. The van der Waals surface area contributed by atoms with Crippen molar-refractivity contribution < 1.29 is 9.47 Å². The van der Waals surface area contributed by atoms with Gasteiger partial charge in [-0.15, -0.1) is 11.3 Å². The van der Waals surface area contributed by atoms with Crippen molar-refractivity contribution in [3.8, 4) is 0 Å². The van der Waals surface area contributed by atoms with Crippen LogP contribution in [0.2, 0.25) is 0 Å². The first-order chi connectivity index (χ1) is 12.3. The van der Waals surface area contributed by atoms with Gasteiger partial charge in [-0.3, -0.25) is 9.88 Å². The number of aromatic nitrogens is 1. The number of likely N-dealkylation sites (tertiary alicyclic amines) is 1. The minimum Gasteiger partial charge on any atom is -0.377 e. The number of thiophene rings is 1. The molecular formula is C20H26N2O2S. The van der Waals surface area contributed by atoms with Crippen LogP contribution in [0.5, 0.6) is 0 Å². The second-order valence-corrected chi connectivity index (χ2v) is 8.29. The summed E-state index contributed by atoms with van der Waals surface area (Å²) in [6.45, 7) is 5.55. The van der Waals surface area contributed by atoms with Crippen molar-refractivity contribution in [2.24, 2.45) is 5.41 Å². The van der Waals surface area contributed by atoms with E-state index in [4.69, 9.17) is 9.47 Å². The van der Waals surface area contributed by atoms with Crippen molar-refractivity contribution in [3.63, 3.8) is 0 Å². The summed E-state index contributed by atoms with van der Waals surface area (Å²) in [5.41, 5.74) is 1.27. The average Bonchev–Trinajstić information content (AvgIpc) is 3.15. The van der Waals surface area contributed by atoms with Crippen molar-refractivity contribution in [1.82, 2.24) is 9.88 Å². The molecule has 2 aliphatic rings. The van der Waals surface area contributed by atoms with Gasteiger partial charge >= 0.3 is 0 Å². The standard InChI is InChI=1S/C20H26N2O2S/c1-4-17(12-21-8-1)14-23-16-20-7-3-10-24-19(20)6-9-22(15-20)13-18-5-2-11-25-18/h1-2,4-5,8,11-12,19H,3,6-7,9-10,13-16H2. The van der Waals surface area contributed by atoms with Gasteiger partial charge in [0.05, 0.1) is 19.3 Å². The fraction of sp³-hybridized carbons (Fsp3) is 0.550. The Morgan fingerprint density at radius 2 is 2.36 bits per heavy atom. The Morgan fingerprint density at radius 3 is 3.20 bits per heavy atom. The maximum atomic E-state index is 6.16. The molecule has 4 rings (SSSR count). The molecule has 4 heterocycles. The zero-order valence-corrected chi connectivity index (χ0v) is 15.4. The molecule has 134 valence electrons. The zero-order chi connectivity index (χ0) is 17.0. The van der Waals surface area contributed by atoms with E-state index >= 15 is 0 Å². The number of nitrogens with zero attached hydrogens (tertiary/aromatic N) is 2. The van der Waals surface area contributed by atoms with Gasteiger partial charge < -0.3 is 9.47 Å². The van der Waals surface area contributed by atoms with Crippen LogP contribution in [0.15, 0.2) is 42.0 Å². The average molecular weight is 359 g/mol. The number of fused-ring (bicyclic) bond motifs is 1. The van der Waals surface area contributed by atoms with Crippen LogP contribution in [0.1, 0.15) is 29.7 Å². The molecule has 2 unspecified atom stereocenters. The van der Waals surface area contributed by atoms with Crippen molar-refractivity contribution in [2.75, 3.05) is 26.3 Å². The molecule has 25 heavy (non-hydrogen) atoms. The molecular weight excluding hydrogens is 332 g/mol. The first kappa shape index (κ1) is 17.2. The largest absolute Gasteiger partial charge is 0.377 e. The fourth-order valence-electron chi connectivity index (χ4n) is 4.21. The second-order valence-electron chi connectivity index (χ2n) is 7.26. The van der Waals surface area contributed by atoms with E-state index in [1.807, 2.05) is 23.6 Å². The molecule has 2 aliphatic heterocycles. The Balaban J connectivity index is 1.40. The lowest BCUT2D eigenvalue weighted by atomic mass is 9.73. The first-order valence-corrected chi connectivity index (χ1v) is 10.1. The van der Waals surface area contributed by atoms with E-state index < -0.39 is 0 Å². The molecule has 0 aliphatic carbocycles. The Morgan fingerprint density at radius 1 is 1.36 bits per heavy atom. The maximum absolute atomic E-state index is 6.16. The summed E-state index contributed by atoms with van der Waals surface area (Å²) in [7, 11) is 0. The number of hydrogen-bond donors (Lipinski definition) is 0. The predicted octanol–water partition coefficient (Wildman–Crippen LogP) is 3.73. The summed E-state index contributed by atoms with van der Waals surface area (Å²) in [5, 5.41) is 2.17. The minimum atomic E-state index is 0.135. The summed E-state index contributed by atoms with van der Waals surface area (Å²) >= 11 is 1.85. The van der Waals surface area contributed by atoms with E-state index in [1.54, 1.807) is 6.20 Å². The molecule has 0 bridgehead atoms. The van der Waals surface area contributed by atoms with E-state index in [0.29, 0.717) is 12.7 Å². The highest BCUT2D eigenvalue weighted by Crippen LogP contribution is 2.41. The lowest BCUT2D eigenvalue weighted by Crippen LogP contribution is -2.56. The Labute approximate surface area is 153 Å². The van der Waals surface area contributed by atoms with Crippen LogP contribution in [0.4, 0.5) is 0 Å². The molecule has 4 nitrogen and oxygen atoms in total. The van der Waals surface area contributed by atoms with Gasteiger partial charge in [0.2, 0.25) is 0 Å². The van der Waals surface area contributed by atoms with Crippen LogP contribution < -0.4 is 0 Å². The predicted molar refractivity (Wildman–Crippen MR) is 99.5 cm³/mol. The van der Waals surface area contributed by atoms with Gasteiger partial charge in [-0.25, -0.2) is 0 Å². The van der Waals surface area contributed by atoms with E-state index in [1.165, 1.54) is 11.3 Å². The smallest absolute Gasteiger partial charge is 0.0732 e. The summed E-state index contributed by atoms with van der Waals surface area (Å²) < 4.78 is 12.3. The SMILES string of the molecule is c1cncc(COCC23CCCOC2CCN(Cc2cccs2)C3)c1. The van der Waals surface area contributed by atoms with Crippen LogP contribution in [0.3, 0.4) is 0 Å². The highest BCUT2D eigenvalue weighted by atomic mass is 32.1. The number of rotatable bonds is 6. The Bertz CT molecular complexity index is 649. The van der Waals surface area contributed by atoms with E-state index in [9.17, 15) is 0 Å². The topological polar surface area (TPSA) is 34.6 Å². The van der Waals surface area contributed by atoms with E-state index in [2.05, 4.69) is 33.5 Å². The Hall–Kier alpha value is -1.27. The summed E-state index contributed by atoms with van der Waals surface area (Å²) in [6.07, 6.45) is 7.48. The molecule has 2 aromatic rings. The highest BCUT2D eigenvalue weighted by molar-refractivity contribution is 7.09. The van der Waals surface area contributed by atoms with Crippen molar-refractivity contribution in [3.05, 3.63) is 52.5 Å². The van der Waals surface area contributed by atoms with Crippen LogP contribution in [-0.4, -0.2) is 42.3 Å². The third-order valence-corrected chi connectivity index (χ3v) is 6.27. The van der Waals surface area contributed by atoms with Gasteiger partial charge in [0, 0.05) is 48.9 Å². The number of pyridine rings is 1. The zero-order valence-electron chi connectivity index (χ0n) is 14.6. The maximum Gasteiger partial charge on any atom is 0.0732 e. The van der Waals surface area contributed by atoms with E-state index in [0.717, 1.165) is 51.3 Å². The van der Waals surface area contributed by atoms with Crippen molar-refractivity contribution in [1.29, 1.82) is 0 Å². The highest BCUT2D eigenvalue weighted by Gasteiger charge is 2.46. The molecule has 0 radical (unpaired) electrons. The van der Waals surface area contributed by atoms with Gasteiger partial charge in [-0.1, -0.05) is 12.1 Å². The normalized spacial score (nSPS) is 27.1. The second kappa shape index (κ2) is 7.96. The summed E-state index contributed by atoms with van der Waals surface area (Å²) in [5.74, 6) is 0. The number of ether oxygens (including phenoxy) is 2. The molecule has 0 aromatic carbocycles. The third-order valence-electron chi connectivity index (χ3n) is 5.41. The van der Waals surface area contributed by atoms with Crippen LogP contribution >= 0.6 is 11.3 Å². The summed E-state index contributed by atoms with van der Waals surface area (Å²) in [4.78, 5) is 8.21. The summed E-state index contributed by atoms with van der Waals surface area (Å²) in [6, 6.07) is 8.42. The molecule has 0 amide bonds. The molecule has 5 heteroatoms. The first-order valence-electron chi connectivity index (χ1n) is 9.17. The molecule has 2 saturated heterocycles. The van der Waals surface area contributed by atoms with Gasteiger partial charge in [-0.2, -0.15) is 0 Å². The van der Waals surface area contributed by atoms with Crippen LogP contribution in [0.25, 0.3) is 0 Å². The van der Waals surface area contributed by atoms with Gasteiger partial charge in [-0.05, 0) is 42.3 Å². The fourth-order valence-corrected chi connectivity index (χ4v) is 4.95. The quantitative estimate of drug-likeness (QED) is 0.788. The van der Waals surface area contributed by atoms with Gasteiger partial charge in [0.1, 0.15) is 0 Å². The lowest BCUT2D eigenvalue weighted by molar-refractivity contribution is -0.155. The van der Waals surface area contributed by atoms with Crippen molar-refractivity contribution >= 4 is 11.3 Å². The molecule has 2 fully saturated rings. The van der Waals surface area contributed by atoms with Crippen LogP contribution in [-0.2, 0) is 22.6 Å². The lowest BCUT2D eigenvalue weighted by Gasteiger charge is -2.50. The van der Waals surface area contributed by atoms with Crippen molar-refractivity contribution in [2.45, 2.75) is 38.5 Å². The minimum absolute atomic E-state index is 0.135. The van der Waals surface area contributed by atoms with E-state index in [-0.39, 0.29) is 5.41 Å². The monoisotopic (exact) mass is 358 g/mol. The van der Waals surface area contributed by atoms with Gasteiger partial charge in [0.15, 0.2) is 0 Å². The molecule has 0 saturated carbocycles. The number of hydrogen-bond acceptors (Lipinski definition) is 5.